The van der Waals surface area contributed by atoms with Crippen molar-refractivity contribution in [2.45, 2.75) is 71.3 Å². The second-order valence-electron chi connectivity index (χ2n) is 9.12. The molecule has 0 radical (unpaired) electrons. The highest BCUT2D eigenvalue weighted by Crippen LogP contribution is 2.60. The molecule has 0 spiro atoms. The molecule has 4 rings (SSSR count). The van der Waals surface area contributed by atoms with Gasteiger partial charge in [-0.25, -0.2) is 0 Å². The van der Waals surface area contributed by atoms with Crippen molar-refractivity contribution in [2.75, 3.05) is 6.61 Å². The Labute approximate surface area is 146 Å². The Kier molecular flexibility index (Phi) is 4.15. The van der Waals surface area contributed by atoms with Crippen LogP contribution in [0.4, 0.5) is 0 Å². The molecule has 1 aromatic rings. The maximum Gasteiger partial charge on any atom is 0.119 e. The number of hydrogen-bond donors (Lipinski definition) is 1. The van der Waals surface area contributed by atoms with Crippen LogP contribution in [0.3, 0.4) is 0 Å². The van der Waals surface area contributed by atoms with Gasteiger partial charge in [-0.3, -0.25) is 0 Å². The number of rotatable bonds is 3. The van der Waals surface area contributed by atoms with Crippen molar-refractivity contribution >= 4 is 0 Å². The summed E-state index contributed by atoms with van der Waals surface area (Å²) in [6.45, 7) is 7.53. The summed E-state index contributed by atoms with van der Waals surface area (Å²) < 4.78 is 5.94. The quantitative estimate of drug-likeness (QED) is 0.851. The van der Waals surface area contributed by atoms with E-state index in [4.69, 9.17) is 4.74 Å². The molecule has 2 fully saturated rings. The number of aryl methyl sites for hydroxylation is 1. The maximum atomic E-state index is 10.5. The molecule has 2 saturated carbocycles. The van der Waals surface area contributed by atoms with Crippen molar-refractivity contribution < 1.29 is 9.84 Å². The second-order valence-corrected chi connectivity index (χ2v) is 9.12. The van der Waals surface area contributed by atoms with Gasteiger partial charge in [-0.2, -0.15) is 0 Å². The zero-order valence-corrected chi connectivity index (χ0v) is 15.4. The molecule has 0 aliphatic heterocycles. The van der Waals surface area contributed by atoms with Gasteiger partial charge in [0.25, 0.3) is 0 Å². The standard InChI is InChI=1S/C22H32O2/c1-14(2)13-24-16-5-7-17-15(12-16)4-6-19-18(17)10-11-22(3)20(19)8-9-21(22)23/h5,7,12,14,18-21,23H,4,6,8-11,13H2,1-3H3/t18-,19-,20+,21+,22+/m1/s1. The van der Waals surface area contributed by atoms with Crippen molar-refractivity contribution in [3.05, 3.63) is 29.3 Å². The number of aliphatic hydroxyl groups is 1. The van der Waals surface area contributed by atoms with E-state index in [1.165, 1.54) is 37.7 Å². The van der Waals surface area contributed by atoms with Crippen LogP contribution in [0, 0.1) is 23.2 Å². The predicted octanol–water partition coefficient (Wildman–Crippen LogP) is 4.94. The zero-order chi connectivity index (χ0) is 16.9. The number of fused-ring (bicyclic) bond motifs is 5. The van der Waals surface area contributed by atoms with Crippen molar-refractivity contribution in [2.24, 2.45) is 23.2 Å². The minimum absolute atomic E-state index is 0.0725. The molecule has 0 aromatic heterocycles. The highest BCUT2D eigenvalue weighted by atomic mass is 16.5. The number of ether oxygens (including phenoxy) is 1. The normalized spacial score (nSPS) is 37.7. The molecule has 1 N–H and O–H groups in total. The SMILES string of the molecule is CC(C)COc1ccc2c(c1)CC[C@@H]1[C@@H]2CC[C@]2(C)[C@@H](O)CC[C@@H]12. The van der Waals surface area contributed by atoms with E-state index in [0.717, 1.165) is 30.6 Å². The lowest BCUT2D eigenvalue weighted by molar-refractivity contribution is -0.0226. The Hall–Kier alpha value is -1.02. The fraction of sp³-hybridized carbons (Fsp3) is 0.727. The van der Waals surface area contributed by atoms with Crippen molar-refractivity contribution in [1.82, 2.24) is 0 Å². The summed E-state index contributed by atoms with van der Waals surface area (Å²) in [5.74, 6) is 3.80. The lowest BCUT2D eigenvalue weighted by atomic mass is 9.55. The molecular formula is C22H32O2. The predicted molar refractivity (Wildman–Crippen MR) is 97.4 cm³/mol. The van der Waals surface area contributed by atoms with Gasteiger partial charge in [0.05, 0.1) is 12.7 Å². The van der Waals surface area contributed by atoms with E-state index in [1.54, 1.807) is 5.56 Å². The molecule has 0 unspecified atom stereocenters. The highest BCUT2D eigenvalue weighted by Gasteiger charge is 2.54. The highest BCUT2D eigenvalue weighted by molar-refractivity contribution is 5.40. The Bertz CT molecular complexity index is 608. The van der Waals surface area contributed by atoms with Crippen LogP contribution in [0.5, 0.6) is 5.75 Å². The van der Waals surface area contributed by atoms with Crippen LogP contribution < -0.4 is 4.74 Å². The summed E-state index contributed by atoms with van der Waals surface area (Å²) >= 11 is 0. The summed E-state index contributed by atoms with van der Waals surface area (Å²) in [6, 6.07) is 6.82. The molecule has 0 bridgehead atoms. The van der Waals surface area contributed by atoms with Gasteiger partial charge in [-0.05, 0) is 90.9 Å². The van der Waals surface area contributed by atoms with Gasteiger partial charge in [0.2, 0.25) is 0 Å². The largest absolute Gasteiger partial charge is 0.493 e. The van der Waals surface area contributed by atoms with Gasteiger partial charge < -0.3 is 9.84 Å². The van der Waals surface area contributed by atoms with Gasteiger partial charge in [0.1, 0.15) is 5.75 Å². The first-order valence-electron chi connectivity index (χ1n) is 9.92. The molecular weight excluding hydrogens is 296 g/mol. The van der Waals surface area contributed by atoms with Gasteiger partial charge in [-0.15, -0.1) is 0 Å². The monoisotopic (exact) mass is 328 g/mol. The van der Waals surface area contributed by atoms with E-state index in [-0.39, 0.29) is 11.5 Å². The first-order valence-corrected chi connectivity index (χ1v) is 9.92. The average molecular weight is 328 g/mol. The third-order valence-electron chi connectivity index (χ3n) is 7.23. The van der Waals surface area contributed by atoms with Gasteiger partial charge >= 0.3 is 0 Å². The Morgan fingerprint density at radius 1 is 1.21 bits per heavy atom. The maximum absolute atomic E-state index is 10.5. The van der Waals surface area contributed by atoms with E-state index in [9.17, 15) is 5.11 Å². The summed E-state index contributed by atoms with van der Waals surface area (Å²) in [7, 11) is 0. The van der Waals surface area contributed by atoms with Crippen LogP contribution in [0.25, 0.3) is 0 Å². The molecule has 0 heterocycles. The molecule has 2 heteroatoms. The molecule has 3 aliphatic rings. The van der Waals surface area contributed by atoms with Crippen LogP contribution in [0.2, 0.25) is 0 Å². The summed E-state index contributed by atoms with van der Waals surface area (Å²) in [4.78, 5) is 0. The number of hydrogen-bond acceptors (Lipinski definition) is 2. The molecule has 0 amide bonds. The van der Waals surface area contributed by atoms with E-state index in [1.807, 2.05) is 0 Å². The van der Waals surface area contributed by atoms with Crippen molar-refractivity contribution in [1.29, 1.82) is 0 Å². The first kappa shape index (κ1) is 16.4. The van der Waals surface area contributed by atoms with Gasteiger partial charge in [0, 0.05) is 0 Å². The van der Waals surface area contributed by atoms with Crippen molar-refractivity contribution in [3.63, 3.8) is 0 Å². The summed E-state index contributed by atoms with van der Waals surface area (Å²) in [6.07, 6.45) is 7.06. The van der Waals surface area contributed by atoms with E-state index in [0.29, 0.717) is 11.8 Å². The minimum Gasteiger partial charge on any atom is -0.493 e. The topological polar surface area (TPSA) is 29.5 Å². The molecule has 2 nitrogen and oxygen atoms in total. The Morgan fingerprint density at radius 2 is 2.04 bits per heavy atom. The molecule has 3 aliphatic carbocycles. The Morgan fingerprint density at radius 3 is 2.83 bits per heavy atom. The lowest BCUT2D eigenvalue weighted by Gasteiger charge is -2.50. The fourth-order valence-corrected chi connectivity index (χ4v) is 5.88. The van der Waals surface area contributed by atoms with Crippen LogP contribution in [0.15, 0.2) is 18.2 Å². The molecule has 1 aromatic carbocycles. The Balaban J connectivity index is 1.57. The minimum atomic E-state index is -0.0725. The van der Waals surface area contributed by atoms with E-state index < -0.39 is 0 Å². The van der Waals surface area contributed by atoms with E-state index >= 15 is 0 Å². The first-order chi connectivity index (χ1) is 11.5. The molecule has 132 valence electrons. The van der Waals surface area contributed by atoms with Crippen LogP contribution in [-0.2, 0) is 6.42 Å². The second kappa shape index (κ2) is 6.05. The van der Waals surface area contributed by atoms with Gasteiger partial charge in [-0.1, -0.05) is 26.8 Å². The van der Waals surface area contributed by atoms with E-state index in [2.05, 4.69) is 39.0 Å². The number of aliphatic hydroxyl groups excluding tert-OH is 1. The third-order valence-corrected chi connectivity index (χ3v) is 7.23. The lowest BCUT2D eigenvalue weighted by Crippen LogP contribution is -2.43. The summed E-state index contributed by atoms with van der Waals surface area (Å²) in [5.41, 5.74) is 3.27. The summed E-state index contributed by atoms with van der Waals surface area (Å²) in [5, 5.41) is 10.5. The molecule has 0 saturated heterocycles. The zero-order valence-electron chi connectivity index (χ0n) is 15.4. The van der Waals surface area contributed by atoms with Crippen LogP contribution >= 0.6 is 0 Å². The molecule has 24 heavy (non-hydrogen) atoms. The van der Waals surface area contributed by atoms with Gasteiger partial charge in [0.15, 0.2) is 0 Å². The number of benzene rings is 1. The van der Waals surface area contributed by atoms with Crippen LogP contribution in [0.1, 0.15) is 69.9 Å². The average Bonchev–Trinajstić information content (AvgIpc) is 2.88. The fourth-order valence-electron chi connectivity index (χ4n) is 5.88. The third kappa shape index (κ3) is 2.58. The smallest absolute Gasteiger partial charge is 0.119 e. The molecule has 5 atom stereocenters. The van der Waals surface area contributed by atoms with Crippen molar-refractivity contribution in [3.8, 4) is 5.75 Å². The van der Waals surface area contributed by atoms with Crippen LogP contribution in [-0.4, -0.2) is 17.8 Å².